The van der Waals surface area contributed by atoms with Crippen LogP contribution in [0, 0.1) is 0 Å². The van der Waals surface area contributed by atoms with Gasteiger partial charge in [-0.1, -0.05) is 70.4 Å². The number of aliphatic hydroxyl groups is 1. The number of hydrogen-bond acceptors (Lipinski definition) is 5. The van der Waals surface area contributed by atoms with E-state index in [2.05, 4.69) is 23.6 Å². The lowest BCUT2D eigenvalue weighted by Crippen LogP contribution is -2.26. The number of unbranched alkanes of at least 4 members (excludes halogenated alkanes) is 11. The van der Waals surface area contributed by atoms with E-state index in [1.54, 1.807) is 0 Å². The summed E-state index contributed by atoms with van der Waals surface area (Å²) in [6.45, 7) is 1.17. The van der Waals surface area contributed by atoms with Crippen molar-refractivity contribution in [2.45, 2.75) is 103 Å². The maximum atomic E-state index is 11.7. The van der Waals surface area contributed by atoms with Gasteiger partial charge in [0.05, 0.1) is 13.2 Å². The van der Waals surface area contributed by atoms with Crippen LogP contribution in [0.3, 0.4) is 0 Å². The van der Waals surface area contributed by atoms with Crippen molar-refractivity contribution in [3.63, 3.8) is 0 Å². The number of ether oxygens (including phenoxy) is 1. The molecule has 0 aromatic heterocycles. The first-order valence-electron chi connectivity index (χ1n) is 11.0. The van der Waals surface area contributed by atoms with Crippen molar-refractivity contribution < 1.29 is 33.5 Å². The van der Waals surface area contributed by atoms with E-state index in [4.69, 9.17) is 19.6 Å². The summed E-state index contributed by atoms with van der Waals surface area (Å²) in [6.07, 6.45) is 19.0. The summed E-state index contributed by atoms with van der Waals surface area (Å²) >= 11 is 0. The summed E-state index contributed by atoms with van der Waals surface area (Å²) in [5, 5.41) is 9.06. The maximum absolute atomic E-state index is 11.7. The number of carbonyl (C=O) groups excluding carboxylic acids is 1. The summed E-state index contributed by atoms with van der Waals surface area (Å²) in [5.41, 5.74) is 0. The van der Waals surface area contributed by atoms with Gasteiger partial charge in [-0.25, -0.2) is 4.57 Å². The lowest BCUT2D eigenvalue weighted by Gasteiger charge is -2.15. The second kappa shape index (κ2) is 19.3. The number of rotatable bonds is 20. The molecule has 172 valence electrons. The molecule has 0 radical (unpaired) electrons. The summed E-state index contributed by atoms with van der Waals surface area (Å²) < 4.78 is 19.8. The molecule has 0 fully saturated rings. The molecule has 0 bridgehead atoms. The molecule has 29 heavy (non-hydrogen) atoms. The van der Waals surface area contributed by atoms with E-state index >= 15 is 0 Å². The van der Waals surface area contributed by atoms with Crippen LogP contribution in [0.4, 0.5) is 0 Å². The fraction of sp³-hybridized carbons (Fsp3) is 0.857. The van der Waals surface area contributed by atoms with Crippen LogP contribution in [0.15, 0.2) is 12.2 Å². The molecule has 0 unspecified atom stereocenters. The predicted octanol–water partition coefficient (Wildman–Crippen LogP) is 5.04. The van der Waals surface area contributed by atoms with Crippen LogP contribution in [0.2, 0.25) is 0 Å². The zero-order valence-corrected chi connectivity index (χ0v) is 18.9. The zero-order chi connectivity index (χ0) is 21.8. The average Bonchev–Trinajstić information content (AvgIpc) is 2.67. The molecular formula is C21H41O7P. The minimum absolute atomic E-state index is 0.227. The van der Waals surface area contributed by atoms with Crippen LogP contribution in [0.1, 0.15) is 96.8 Å². The second-order valence-corrected chi connectivity index (χ2v) is 8.65. The van der Waals surface area contributed by atoms with E-state index in [-0.39, 0.29) is 6.42 Å². The molecule has 0 aliphatic carbocycles. The third-order valence-corrected chi connectivity index (χ3v) is 5.06. The van der Waals surface area contributed by atoms with Crippen LogP contribution in [-0.4, -0.2) is 40.2 Å². The van der Waals surface area contributed by atoms with E-state index in [1.165, 1.54) is 44.9 Å². The van der Waals surface area contributed by atoms with E-state index in [1.807, 2.05) is 0 Å². The topological polar surface area (TPSA) is 113 Å². The Balaban J connectivity index is 3.49. The Morgan fingerprint density at radius 2 is 1.41 bits per heavy atom. The molecular weight excluding hydrogens is 395 g/mol. The number of carbonyl (C=O) groups is 1. The largest absolute Gasteiger partial charge is 0.469 e. The molecule has 1 atom stereocenters. The highest BCUT2D eigenvalue weighted by atomic mass is 31.2. The standard InChI is InChI=1S/C21H41O7P/c1-2-3-4-5-6-7-8-9-10-11-12-13-14-15-16-17-21(23)28-20(18-22)19-27-29(24,25)26/h9-10,20,22H,2-8,11-19H2,1H3,(H2,24,25,26)/b10-9-/t20-/m1/s1. The Kier molecular flexibility index (Phi) is 18.8. The zero-order valence-electron chi connectivity index (χ0n) is 18.0. The quantitative estimate of drug-likeness (QED) is 0.106. The molecule has 8 heteroatoms. The molecule has 0 saturated heterocycles. The molecule has 0 aromatic rings. The Bertz CT molecular complexity index is 462. The van der Waals surface area contributed by atoms with Crippen molar-refractivity contribution in [3.8, 4) is 0 Å². The monoisotopic (exact) mass is 436 g/mol. The molecule has 0 rings (SSSR count). The van der Waals surface area contributed by atoms with Gasteiger partial charge < -0.3 is 19.6 Å². The molecule has 7 nitrogen and oxygen atoms in total. The third-order valence-electron chi connectivity index (χ3n) is 4.57. The van der Waals surface area contributed by atoms with Crippen LogP contribution < -0.4 is 0 Å². The first-order valence-corrected chi connectivity index (χ1v) is 12.6. The number of esters is 1. The molecule has 0 aromatic carbocycles. The van der Waals surface area contributed by atoms with Crippen molar-refractivity contribution in [2.24, 2.45) is 0 Å². The molecule has 0 aliphatic rings. The number of phosphoric acid groups is 1. The molecule has 0 heterocycles. The smallest absolute Gasteiger partial charge is 0.457 e. The first-order chi connectivity index (χ1) is 13.9. The average molecular weight is 437 g/mol. The van der Waals surface area contributed by atoms with E-state index in [0.717, 1.165) is 32.1 Å². The highest BCUT2D eigenvalue weighted by molar-refractivity contribution is 7.46. The molecule has 0 spiro atoms. The Morgan fingerprint density at radius 1 is 0.897 bits per heavy atom. The van der Waals surface area contributed by atoms with Crippen molar-refractivity contribution >= 4 is 13.8 Å². The van der Waals surface area contributed by atoms with Gasteiger partial charge in [-0.05, 0) is 32.1 Å². The lowest BCUT2D eigenvalue weighted by atomic mass is 10.1. The molecule has 3 N–H and O–H groups in total. The van der Waals surface area contributed by atoms with Gasteiger partial charge in [-0.2, -0.15) is 0 Å². The van der Waals surface area contributed by atoms with Crippen LogP contribution in [0.25, 0.3) is 0 Å². The molecule has 0 amide bonds. The third kappa shape index (κ3) is 21.8. The van der Waals surface area contributed by atoms with Gasteiger partial charge in [0.25, 0.3) is 0 Å². The van der Waals surface area contributed by atoms with Gasteiger partial charge in [0.1, 0.15) is 6.10 Å². The predicted molar refractivity (Wildman–Crippen MR) is 114 cm³/mol. The van der Waals surface area contributed by atoms with Gasteiger partial charge in [-0.3, -0.25) is 9.32 Å². The number of allylic oxidation sites excluding steroid dienone is 2. The van der Waals surface area contributed by atoms with Crippen molar-refractivity contribution in [3.05, 3.63) is 12.2 Å². The van der Waals surface area contributed by atoms with Crippen LogP contribution in [0.5, 0.6) is 0 Å². The summed E-state index contributed by atoms with van der Waals surface area (Å²) in [5.74, 6) is -0.490. The molecule has 0 saturated carbocycles. The second-order valence-electron chi connectivity index (χ2n) is 7.42. The van der Waals surface area contributed by atoms with E-state index in [9.17, 15) is 9.36 Å². The summed E-state index contributed by atoms with van der Waals surface area (Å²) in [7, 11) is -4.64. The molecule has 0 aliphatic heterocycles. The number of hydrogen-bond donors (Lipinski definition) is 3. The van der Waals surface area contributed by atoms with Gasteiger partial charge >= 0.3 is 13.8 Å². The van der Waals surface area contributed by atoms with Crippen molar-refractivity contribution in [1.29, 1.82) is 0 Å². The van der Waals surface area contributed by atoms with Crippen molar-refractivity contribution in [1.82, 2.24) is 0 Å². The Labute approximate surface area is 176 Å². The van der Waals surface area contributed by atoms with Crippen molar-refractivity contribution in [2.75, 3.05) is 13.2 Å². The minimum atomic E-state index is -4.64. The minimum Gasteiger partial charge on any atom is -0.457 e. The number of aliphatic hydroxyl groups excluding tert-OH is 1. The fourth-order valence-electron chi connectivity index (χ4n) is 2.89. The normalized spacial score (nSPS) is 13.1. The van der Waals surface area contributed by atoms with E-state index in [0.29, 0.717) is 6.42 Å². The fourth-order valence-corrected chi connectivity index (χ4v) is 3.25. The number of phosphoric ester groups is 1. The Hall–Kier alpha value is -0.720. The SMILES string of the molecule is CCCCCCCC/C=C\CCCCCCCC(=O)O[C@H](CO)COP(=O)(O)O. The van der Waals surface area contributed by atoms with Crippen LogP contribution in [-0.2, 0) is 18.6 Å². The van der Waals surface area contributed by atoms with Gasteiger partial charge in [0.15, 0.2) is 0 Å². The van der Waals surface area contributed by atoms with Gasteiger partial charge in [-0.15, -0.1) is 0 Å². The van der Waals surface area contributed by atoms with Gasteiger partial charge in [0.2, 0.25) is 0 Å². The van der Waals surface area contributed by atoms with Crippen LogP contribution >= 0.6 is 7.82 Å². The maximum Gasteiger partial charge on any atom is 0.469 e. The van der Waals surface area contributed by atoms with Gasteiger partial charge in [0, 0.05) is 6.42 Å². The first kappa shape index (κ1) is 28.3. The highest BCUT2D eigenvalue weighted by Gasteiger charge is 2.20. The highest BCUT2D eigenvalue weighted by Crippen LogP contribution is 2.35. The lowest BCUT2D eigenvalue weighted by molar-refractivity contribution is -0.153. The summed E-state index contributed by atoms with van der Waals surface area (Å²) in [4.78, 5) is 28.9. The summed E-state index contributed by atoms with van der Waals surface area (Å²) in [6, 6.07) is 0. The van der Waals surface area contributed by atoms with E-state index < -0.39 is 33.1 Å². The Morgan fingerprint density at radius 3 is 1.93 bits per heavy atom.